The van der Waals surface area contributed by atoms with Gasteiger partial charge in [-0.15, -0.1) is 0 Å². The van der Waals surface area contributed by atoms with Crippen molar-refractivity contribution in [1.29, 1.82) is 0 Å². The number of carbonyl (C=O) groups is 2. The number of aromatic nitrogens is 4. The van der Waals surface area contributed by atoms with Crippen molar-refractivity contribution in [2.45, 2.75) is 104 Å². The van der Waals surface area contributed by atoms with Crippen LogP contribution in [0.25, 0.3) is 0 Å². The number of hydrogen-bond acceptors (Lipinski definition) is 9. The highest BCUT2D eigenvalue weighted by Crippen LogP contribution is 2.40. The monoisotopic (exact) mass is 714 g/mol. The number of likely N-dealkylation sites (tertiary alicyclic amines) is 2. The Morgan fingerprint density at radius 1 is 0.920 bits per heavy atom. The molecule has 1 amide bonds. The molecule has 0 aliphatic carbocycles. The van der Waals surface area contributed by atoms with E-state index in [2.05, 4.69) is 68.5 Å². The number of ether oxygens (including phenoxy) is 2. The SMILES string of the molecule is CC(C)CN1CCC2(CC1)CCN(CCCn1ccnc1CN(CCCC(=O)OCC(=O)N(C)C)Cc1nccn1COCC[Si](C)(C)C)C2. The topological polar surface area (TPSA) is 101 Å². The third-order valence-corrected chi connectivity index (χ3v) is 11.9. The molecule has 2 aliphatic rings. The number of imidazole rings is 2. The van der Waals surface area contributed by atoms with Crippen LogP contribution < -0.4 is 0 Å². The van der Waals surface area contributed by atoms with Crippen LogP contribution in [0.2, 0.25) is 25.7 Å². The summed E-state index contributed by atoms with van der Waals surface area (Å²) >= 11 is 0. The van der Waals surface area contributed by atoms with E-state index in [1.807, 2.05) is 18.6 Å². The molecule has 2 aromatic heterocycles. The smallest absolute Gasteiger partial charge is 0.306 e. The molecule has 13 heteroatoms. The molecule has 50 heavy (non-hydrogen) atoms. The Labute approximate surface area is 302 Å². The van der Waals surface area contributed by atoms with Crippen molar-refractivity contribution < 1.29 is 19.1 Å². The molecule has 2 fully saturated rings. The summed E-state index contributed by atoms with van der Waals surface area (Å²) < 4.78 is 15.6. The molecule has 0 atom stereocenters. The lowest BCUT2D eigenvalue weighted by Gasteiger charge is -2.40. The Kier molecular flexibility index (Phi) is 15.5. The number of nitrogens with zero attached hydrogens (tertiary/aromatic N) is 8. The molecule has 0 aromatic carbocycles. The molecule has 0 saturated carbocycles. The van der Waals surface area contributed by atoms with Crippen molar-refractivity contribution in [3.8, 4) is 0 Å². The Morgan fingerprint density at radius 2 is 1.56 bits per heavy atom. The van der Waals surface area contributed by atoms with E-state index in [4.69, 9.17) is 14.5 Å². The summed E-state index contributed by atoms with van der Waals surface area (Å²) in [6.07, 6.45) is 13.8. The van der Waals surface area contributed by atoms with Crippen molar-refractivity contribution in [2.75, 3.05) is 73.1 Å². The van der Waals surface area contributed by atoms with Crippen molar-refractivity contribution in [1.82, 2.24) is 38.7 Å². The Hall–Kier alpha value is -2.58. The normalized spacial score (nSPS) is 17.0. The number of rotatable bonds is 21. The van der Waals surface area contributed by atoms with Crippen LogP contribution in [0.3, 0.4) is 0 Å². The van der Waals surface area contributed by atoms with E-state index in [-0.39, 0.29) is 24.9 Å². The van der Waals surface area contributed by atoms with Gasteiger partial charge in [-0.1, -0.05) is 33.5 Å². The second-order valence-electron chi connectivity index (χ2n) is 16.5. The summed E-state index contributed by atoms with van der Waals surface area (Å²) in [6.45, 7) is 22.9. The molecule has 0 radical (unpaired) electrons. The largest absolute Gasteiger partial charge is 0.456 e. The molecule has 4 rings (SSSR count). The van der Waals surface area contributed by atoms with Gasteiger partial charge < -0.3 is 33.3 Å². The fourth-order valence-electron chi connectivity index (χ4n) is 7.07. The summed E-state index contributed by atoms with van der Waals surface area (Å²) in [6, 6.07) is 1.12. The molecule has 282 valence electrons. The fourth-order valence-corrected chi connectivity index (χ4v) is 7.82. The fraction of sp³-hybridized carbons (Fsp3) is 0.784. The zero-order chi connectivity index (χ0) is 36.1. The standard InChI is InChI=1S/C37H66N8O4Si/c1-32(2)26-41-19-11-37(12-20-41)13-21-42(30-37)17-9-18-44-22-14-38-33(44)27-43(16-8-10-36(47)49-29-35(46)40(3)4)28-34-39-15-23-45(34)31-48-24-25-50(5,6)7/h14-15,22-23,32H,8-13,16-21,24-31H2,1-7H3. The lowest BCUT2D eigenvalue weighted by atomic mass is 9.77. The summed E-state index contributed by atoms with van der Waals surface area (Å²) in [5.74, 6) is 2.10. The Morgan fingerprint density at radius 3 is 2.20 bits per heavy atom. The van der Waals surface area contributed by atoms with Gasteiger partial charge in [0.15, 0.2) is 6.61 Å². The highest BCUT2D eigenvalue weighted by molar-refractivity contribution is 6.76. The molecule has 4 heterocycles. The number of carbonyl (C=O) groups excluding carboxylic acids is 2. The zero-order valence-electron chi connectivity index (χ0n) is 32.2. The van der Waals surface area contributed by atoms with Crippen LogP contribution in [0.15, 0.2) is 24.8 Å². The first-order valence-corrected chi connectivity index (χ1v) is 22.6. The average molecular weight is 715 g/mol. The van der Waals surface area contributed by atoms with Gasteiger partial charge in [0.25, 0.3) is 5.91 Å². The van der Waals surface area contributed by atoms with Crippen LogP contribution in [0.4, 0.5) is 0 Å². The molecule has 0 N–H and O–H groups in total. The van der Waals surface area contributed by atoms with Crippen molar-refractivity contribution in [3.05, 3.63) is 36.4 Å². The molecule has 0 unspecified atom stereocenters. The maximum Gasteiger partial charge on any atom is 0.306 e. The zero-order valence-corrected chi connectivity index (χ0v) is 33.2. The summed E-state index contributed by atoms with van der Waals surface area (Å²) in [4.78, 5) is 42.8. The minimum Gasteiger partial charge on any atom is -0.456 e. The summed E-state index contributed by atoms with van der Waals surface area (Å²) in [7, 11) is 2.14. The lowest BCUT2D eigenvalue weighted by Crippen LogP contribution is -2.42. The van der Waals surface area contributed by atoms with Crippen LogP contribution in [0.1, 0.15) is 64.0 Å². The van der Waals surface area contributed by atoms with Crippen LogP contribution in [-0.4, -0.2) is 132 Å². The molecule has 0 bridgehead atoms. The highest BCUT2D eigenvalue weighted by Gasteiger charge is 2.40. The summed E-state index contributed by atoms with van der Waals surface area (Å²) in [5, 5.41) is 0. The lowest BCUT2D eigenvalue weighted by molar-refractivity contribution is -0.151. The van der Waals surface area contributed by atoms with Gasteiger partial charge in [-0.3, -0.25) is 14.5 Å². The van der Waals surface area contributed by atoms with Gasteiger partial charge in [0, 0.05) is 79.6 Å². The van der Waals surface area contributed by atoms with E-state index in [0.717, 1.165) is 49.7 Å². The van der Waals surface area contributed by atoms with E-state index in [9.17, 15) is 9.59 Å². The van der Waals surface area contributed by atoms with Gasteiger partial charge in [-0.25, -0.2) is 9.97 Å². The molecule has 2 saturated heterocycles. The van der Waals surface area contributed by atoms with Crippen LogP contribution in [-0.2, 0) is 45.4 Å². The first-order valence-electron chi connectivity index (χ1n) is 18.9. The van der Waals surface area contributed by atoms with E-state index < -0.39 is 8.07 Å². The minimum atomic E-state index is -1.17. The number of amides is 1. The second-order valence-corrected chi connectivity index (χ2v) is 22.2. The quantitative estimate of drug-likeness (QED) is 0.104. The first-order chi connectivity index (χ1) is 23.8. The molecule has 2 aliphatic heterocycles. The predicted molar refractivity (Wildman–Crippen MR) is 200 cm³/mol. The molecule has 2 aromatic rings. The second kappa shape index (κ2) is 19.3. The number of piperidine rings is 1. The number of likely N-dealkylation sites (N-methyl/N-ethyl adjacent to an activating group) is 1. The third-order valence-electron chi connectivity index (χ3n) is 10.2. The first kappa shape index (κ1) is 40.2. The maximum absolute atomic E-state index is 12.4. The van der Waals surface area contributed by atoms with Gasteiger partial charge in [0.1, 0.15) is 18.4 Å². The molecule has 12 nitrogen and oxygen atoms in total. The third kappa shape index (κ3) is 13.5. The maximum atomic E-state index is 12.4. The Balaban J connectivity index is 1.30. The number of esters is 1. The van der Waals surface area contributed by atoms with Gasteiger partial charge in [0.2, 0.25) is 0 Å². The molecular formula is C37H66N8O4Si. The van der Waals surface area contributed by atoms with Gasteiger partial charge in [-0.2, -0.15) is 0 Å². The van der Waals surface area contributed by atoms with Gasteiger partial charge >= 0.3 is 5.97 Å². The predicted octanol–water partition coefficient (Wildman–Crippen LogP) is 4.64. The Bertz CT molecular complexity index is 1310. The molecular weight excluding hydrogens is 649 g/mol. The van der Waals surface area contributed by atoms with Gasteiger partial charge in [-0.05, 0) is 82.2 Å². The summed E-state index contributed by atoms with van der Waals surface area (Å²) in [5.41, 5.74) is 0.521. The van der Waals surface area contributed by atoms with E-state index in [0.29, 0.717) is 38.2 Å². The van der Waals surface area contributed by atoms with Crippen LogP contribution >= 0.6 is 0 Å². The van der Waals surface area contributed by atoms with E-state index >= 15 is 0 Å². The van der Waals surface area contributed by atoms with Gasteiger partial charge in [0.05, 0.1) is 13.1 Å². The van der Waals surface area contributed by atoms with Crippen molar-refractivity contribution in [3.63, 3.8) is 0 Å². The van der Waals surface area contributed by atoms with Crippen LogP contribution in [0.5, 0.6) is 0 Å². The number of aryl methyl sites for hydroxylation is 1. The van der Waals surface area contributed by atoms with Crippen molar-refractivity contribution in [2.24, 2.45) is 11.3 Å². The van der Waals surface area contributed by atoms with Crippen molar-refractivity contribution >= 4 is 20.0 Å². The highest BCUT2D eigenvalue weighted by atomic mass is 28.3. The number of hydrogen-bond donors (Lipinski definition) is 0. The molecule has 1 spiro atoms. The minimum absolute atomic E-state index is 0.225. The van der Waals surface area contributed by atoms with E-state index in [1.54, 1.807) is 14.1 Å². The van der Waals surface area contributed by atoms with Crippen LogP contribution in [0, 0.1) is 11.3 Å². The average Bonchev–Trinajstić information content (AvgIpc) is 3.79. The van der Waals surface area contributed by atoms with E-state index in [1.165, 1.54) is 56.9 Å².